The molecule has 0 heterocycles. The van der Waals surface area contributed by atoms with Gasteiger partial charge in [-0.15, -0.1) is 0 Å². The molecular weight excluding hydrogens is 274 g/mol. The Balaban J connectivity index is 2.21. The minimum Gasteiger partial charge on any atom is -0.493 e. The second-order valence-corrected chi connectivity index (χ2v) is 5.85. The van der Waals surface area contributed by atoms with Gasteiger partial charge < -0.3 is 14.8 Å². The summed E-state index contributed by atoms with van der Waals surface area (Å²) in [6.45, 7) is 8.96. The van der Waals surface area contributed by atoms with E-state index in [-0.39, 0.29) is 6.10 Å². The van der Waals surface area contributed by atoms with Crippen molar-refractivity contribution in [2.75, 3.05) is 12.4 Å². The number of rotatable bonds is 6. The molecule has 0 radical (unpaired) electrons. The molecule has 0 saturated heterocycles. The van der Waals surface area contributed by atoms with E-state index < -0.39 is 0 Å². The maximum atomic E-state index is 5.94. The normalized spacial score (nSPS) is 10.6. The average molecular weight is 299 g/mol. The van der Waals surface area contributed by atoms with Gasteiger partial charge >= 0.3 is 0 Å². The molecule has 1 N–H and O–H groups in total. The van der Waals surface area contributed by atoms with Crippen LogP contribution in [0.5, 0.6) is 11.5 Å². The standard InChI is InChI=1S/C19H25NO2/c1-13(2)22-19-16(7-6-8-18(19)21-5)12-20-17-10-14(3)9-15(4)11-17/h6-11,13,20H,12H2,1-5H3. The number of methoxy groups -OCH3 is 1. The van der Waals surface area contributed by atoms with Crippen molar-refractivity contribution in [2.45, 2.75) is 40.3 Å². The van der Waals surface area contributed by atoms with Gasteiger partial charge in [-0.1, -0.05) is 18.2 Å². The summed E-state index contributed by atoms with van der Waals surface area (Å²) in [5.74, 6) is 1.59. The molecule has 3 heteroatoms. The van der Waals surface area contributed by atoms with Crippen molar-refractivity contribution in [1.29, 1.82) is 0 Å². The Bertz CT molecular complexity index is 615. The number of hydrogen-bond acceptors (Lipinski definition) is 3. The van der Waals surface area contributed by atoms with E-state index in [1.54, 1.807) is 7.11 Å². The van der Waals surface area contributed by atoms with Gasteiger partial charge in [-0.3, -0.25) is 0 Å². The highest BCUT2D eigenvalue weighted by Gasteiger charge is 2.12. The molecule has 0 fully saturated rings. The fourth-order valence-corrected chi connectivity index (χ4v) is 2.50. The van der Waals surface area contributed by atoms with Crippen LogP contribution in [-0.4, -0.2) is 13.2 Å². The lowest BCUT2D eigenvalue weighted by atomic mass is 10.1. The van der Waals surface area contributed by atoms with Crippen LogP contribution in [-0.2, 0) is 6.54 Å². The monoisotopic (exact) mass is 299 g/mol. The molecule has 0 atom stereocenters. The topological polar surface area (TPSA) is 30.5 Å². The van der Waals surface area contributed by atoms with Crippen LogP contribution in [0.4, 0.5) is 5.69 Å². The number of nitrogens with one attached hydrogen (secondary N) is 1. The number of para-hydroxylation sites is 1. The van der Waals surface area contributed by atoms with E-state index in [0.717, 1.165) is 22.7 Å². The molecule has 0 aromatic heterocycles. The number of benzene rings is 2. The van der Waals surface area contributed by atoms with Gasteiger partial charge in [0.1, 0.15) is 0 Å². The van der Waals surface area contributed by atoms with E-state index in [2.05, 4.69) is 43.4 Å². The van der Waals surface area contributed by atoms with Crippen molar-refractivity contribution >= 4 is 5.69 Å². The molecule has 0 amide bonds. The van der Waals surface area contributed by atoms with Crippen LogP contribution in [0.15, 0.2) is 36.4 Å². The zero-order valence-corrected chi connectivity index (χ0v) is 14.1. The Kier molecular flexibility index (Phi) is 5.31. The van der Waals surface area contributed by atoms with E-state index in [0.29, 0.717) is 6.54 Å². The van der Waals surface area contributed by atoms with Crippen LogP contribution in [0, 0.1) is 13.8 Å². The van der Waals surface area contributed by atoms with Gasteiger partial charge in [0, 0.05) is 17.8 Å². The Morgan fingerprint density at radius 2 is 1.73 bits per heavy atom. The first-order valence-electron chi connectivity index (χ1n) is 7.64. The van der Waals surface area contributed by atoms with Gasteiger partial charge in [0.05, 0.1) is 13.2 Å². The van der Waals surface area contributed by atoms with Crippen LogP contribution < -0.4 is 14.8 Å². The zero-order valence-electron chi connectivity index (χ0n) is 14.1. The molecule has 2 aromatic carbocycles. The molecule has 0 saturated carbocycles. The second kappa shape index (κ2) is 7.21. The largest absolute Gasteiger partial charge is 0.493 e. The molecule has 2 rings (SSSR count). The van der Waals surface area contributed by atoms with Crippen LogP contribution in [0.1, 0.15) is 30.5 Å². The minimum atomic E-state index is 0.108. The fraction of sp³-hybridized carbons (Fsp3) is 0.368. The van der Waals surface area contributed by atoms with Crippen molar-refractivity contribution < 1.29 is 9.47 Å². The van der Waals surface area contributed by atoms with E-state index in [1.807, 2.05) is 26.0 Å². The predicted octanol–water partition coefficient (Wildman–Crippen LogP) is 4.71. The maximum absolute atomic E-state index is 5.94. The molecule has 0 unspecified atom stereocenters. The third-order valence-corrected chi connectivity index (χ3v) is 3.34. The Morgan fingerprint density at radius 3 is 2.32 bits per heavy atom. The van der Waals surface area contributed by atoms with E-state index in [1.165, 1.54) is 11.1 Å². The van der Waals surface area contributed by atoms with Gasteiger partial charge in [-0.2, -0.15) is 0 Å². The van der Waals surface area contributed by atoms with Gasteiger partial charge in [-0.25, -0.2) is 0 Å². The Hall–Kier alpha value is -2.16. The lowest BCUT2D eigenvalue weighted by Gasteiger charge is -2.18. The highest BCUT2D eigenvalue weighted by molar-refractivity contribution is 5.52. The summed E-state index contributed by atoms with van der Waals surface area (Å²) in [5, 5.41) is 3.47. The smallest absolute Gasteiger partial charge is 0.166 e. The lowest BCUT2D eigenvalue weighted by Crippen LogP contribution is -2.10. The zero-order chi connectivity index (χ0) is 16.1. The molecule has 0 bridgehead atoms. The first kappa shape index (κ1) is 16.2. The summed E-state index contributed by atoms with van der Waals surface area (Å²) in [6.07, 6.45) is 0.108. The van der Waals surface area contributed by atoms with Gasteiger partial charge in [0.25, 0.3) is 0 Å². The molecule has 2 aromatic rings. The number of hydrogen-bond donors (Lipinski definition) is 1. The maximum Gasteiger partial charge on any atom is 0.166 e. The first-order chi connectivity index (χ1) is 10.5. The van der Waals surface area contributed by atoms with Crippen molar-refractivity contribution in [3.8, 4) is 11.5 Å². The minimum absolute atomic E-state index is 0.108. The fourth-order valence-electron chi connectivity index (χ4n) is 2.50. The molecule has 0 aliphatic rings. The lowest BCUT2D eigenvalue weighted by molar-refractivity contribution is 0.228. The summed E-state index contributed by atoms with van der Waals surface area (Å²) >= 11 is 0. The van der Waals surface area contributed by atoms with E-state index >= 15 is 0 Å². The molecule has 0 aliphatic carbocycles. The number of anilines is 1. The average Bonchev–Trinajstić information content (AvgIpc) is 2.44. The SMILES string of the molecule is COc1cccc(CNc2cc(C)cc(C)c2)c1OC(C)C. The van der Waals surface area contributed by atoms with Crippen LogP contribution in [0.3, 0.4) is 0 Å². The first-order valence-corrected chi connectivity index (χ1v) is 7.64. The van der Waals surface area contributed by atoms with Crippen LogP contribution in [0.2, 0.25) is 0 Å². The third-order valence-electron chi connectivity index (χ3n) is 3.34. The highest BCUT2D eigenvalue weighted by Crippen LogP contribution is 2.32. The van der Waals surface area contributed by atoms with Crippen LogP contribution >= 0.6 is 0 Å². The molecule has 118 valence electrons. The Labute approximate surface area is 133 Å². The number of aryl methyl sites for hydroxylation is 2. The molecular formula is C19H25NO2. The van der Waals surface area contributed by atoms with Crippen molar-refractivity contribution in [3.63, 3.8) is 0 Å². The Morgan fingerprint density at radius 1 is 1.05 bits per heavy atom. The molecule has 0 aliphatic heterocycles. The predicted molar refractivity (Wildman–Crippen MR) is 92.0 cm³/mol. The second-order valence-electron chi connectivity index (χ2n) is 5.85. The van der Waals surface area contributed by atoms with E-state index in [4.69, 9.17) is 9.47 Å². The summed E-state index contributed by atoms with van der Waals surface area (Å²) in [7, 11) is 1.67. The van der Waals surface area contributed by atoms with Gasteiger partial charge in [0.15, 0.2) is 11.5 Å². The summed E-state index contributed by atoms with van der Waals surface area (Å²) in [4.78, 5) is 0. The van der Waals surface area contributed by atoms with Crippen molar-refractivity contribution in [2.24, 2.45) is 0 Å². The third kappa shape index (κ3) is 4.17. The van der Waals surface area contributed by atoms with E-state index in [9.17, 15) is 0 Å². The van der Waals surface area contributed by atoms with Gasteiger partial charge in [0.2, 0.25) is 0 Å². The van der Waals surface area contributed by atoms with Crippen molar-refractivity contribution in [3.05, 3.63) is 53.1 Å². The number of ether oxygens (including phenoxy) is 2. The summed E-state index contributed by atoms with van der Waals surface area (Å²) in [5.41, 5.74) is 4.72. The van der Waals surface area contributed by atoms with Crippen LogP contribution in [0.25, 0.3) is 0 Å². The summed E-state index contributed by atoms with van der Waals surface area (Å²) < 4.78 is 11.4. The summed E-state index contributed by atoms with van der Waals surface area (Å²) in [6, 6.07) is 12.5. The van der Waals surface area contributed by atoms with Gasteiger partial charge in [-0.05, 0) is 57.0 Å². The van der Waals surface area contributed by atoms with Crippen molar-refractivity contribution in [1.82, 2.24) is 0 Å². The highest BCUT2D eigenvalue weighted by atomic mass is 16.5. The molecule has 22 heavy (non-hydrogen) atoms. The molecule has 3 nitrogen and oxygen atoms in total. The quantitative estimate of drug-likeness (QED) is 0.838. The molecule has 0 spiro atoms.